The van der Waals surface area contributed by atoms with E-state index in [9.17, 15) is 0 Å². The summed E-state index contributed by atoms with van der Waals surface area (Å²) < 4.78 is 3.34. The van der Waals surface area contributed by atoms with Crippen LogP contribution in [0, 0.1) is 0 Å². The van der Waals surface area contributed by atoms with Crippen molar-refractivity contribution in [2.45, 2.75) is 12.8 Å². The summed E-state index contributed by atoms with van der Waals surface area (Å²) in [6, 6.07) is 8.94. The average Bonchev–Trinajstić information content (AvgIpc) is 2.42. The van der Waals surface area contributed by atoms with Crippen LogP contribution in [0.4, 0.5) is 0 Å². The van der Waals surface area contributed by atoms with Gasteiger partial charge in [0.1, 0.15) is 0 Å². The maximum atomic E-state index is 3.47. The van der Waals surface area contributed by atoms with E-state index >= 15 is 0 Å². The minimum absolute atomic E-state index is 0.623. The van der Waals surface area contributed by atoms with Crippen LogP contribution in [-0.2, 0) is 12.8 Å². The van der Waals surface area contributed by atoms with Crippen molar-refractivity contribution in [3.8, 4) is 0 Å². The van der Waals surface area contributed by atoms with Crippen molar-refractivity contribution >= 4 is 24.1 Å². The second kappa shape index (κ2) is 3.54. The Morgan fingerprint density at radius 1 is 1.07 bits per heavy atom. The van der Waals surface area contributed by atoms with Crippen molar-refractivity contribution in [2.24, 2.45) is 0 Å². The van der Waals surface area contributed by atoms with Crippen LogP contribution in [0.2, 0.25) is 0 Å². The predicted molar refractivity (Wildman–Crippen MR) is 61.2 cm³/mol. The van der Waals surface area contributed by atoms with Gasteiger partial charge in [-0.3, -0.25) is 0 Å². The van der Waals surface area contributed by atoms with Gasteiger partial charge in [0.15, 0.2) is 0 Å². The molecule has 0 unspecified atom stereocenters. The Hall–Kier alpha value is -0.561. The number of fused-ring (bicyclic) bond motifs is 3. The number of hydrogen-bond acceptors (Lipinski definition) is 1. The second-order valence-corrected chi connectivity index (χ2v) is 6.13. The fourth-order valence-electron chi connectivity index (χ4n) is 2.17. The van der Waals surface area contributed by atoms with E-state index in [0.717, 1.165) is 6.54 Å². The summed E-state index contributed by atoms with van der Waals surface area (Å²) in [5, 5.41) is 5.02. The van der Waals surface area contributed by atoms with E-state index in [4.69, 9.17) is 0 Å². The molecule has 0 spiro atoms. The fraction of sp³-hybridized carbons (Fsp3) is 0.333. The first-order valence-electron chi connectivity index (χ1n) is 5.15. The Morgan fingerprint density at radius 3 is 2.93 bits per heavy atom. The van der Waals surface area contributed by atoms with Crippen molar-refractivity contribution < 1.29 is 0 Å². The molecule has 0 aliphatic carbocycles. The van der Waals surface area contributed by atoms with Gasteiger partial charge in [-0.2, -0.15) is 0 Å². The number of nitrogens with one attached hydrogen (secondary N) is 1. The first-order valence-corrected chi connectivity index (χ1v) is 6.86. The third-order valence-electron chi connectivity index (χ3n) is 2.86. The molecule has 14 heavy (non-hydrogen) atoms. The third-order valence-corrected chi connectivity index (χ3v) is 5.53. The molecule has 0 amide bonds. The molecule has 0 atom stereocenters. The van der Waals surface area contributed by atoms with Crippen LogP contribution >= 0.6 is 0 Å². The summed E-state index contributed by atoms with van der Waals surface area (Å²) in [4.78, 5) is 0. The summed E-state index contributed by atoms with van der Waals surface area (Å²) in [6.45, 7) is 2.33. The molecule has 3 rings (SSSR count). The van der Waals surface area contributed by atoms with Crippen molar-refractivity contribution in [1.29, 1.82) is 0 Å². The van der Waals surface area contributed by atoms with Crippen molar-refractivity contribution in [1.82, 2.24) is 5.32 Å². The Labute approximate surface area is 89.9 Å². The molecule has 1 N–H and O–H groups in total. The van der Waals surface area contributed by atoms with Crippen molar-refractivity contribution in [3.63, 3.8) is 0 Å². The fourth-order valence-corrected chi connectivity index (χ4v) is 4.79. The van der Waals surface area contributed by atoms with Crippen LogP contribution in [0.15, 0.2) is 24.3 Å². The van der Waals surface area contributed by atoms with E-state index in [-0.39, 0.29) is 0 Å². The Balaban J connectivity index is 2.24. The molecule has 2 aromatic rings. The molecule has 2 heterocycles. The van der Waals surface area contributed by atoms with Crippen LogP contribution in [0.25, 0.3) is 9.65 Å². The van der Waals surface area contributed by atoms with E-state index in [0.29, 0.717) is 14.5 Å². The number of hydrogen-bond donors (Lipinski definition) is 1. The molecule has 1 nitrogen and oxygen atoms in total. The van der Waals surface area contributed by atoms with Gasteiger partial charge in [0.2, 0.25) is 0 Å². The molecule has 2 heteroatoms. The van der Waals surface area contributed by atoms with E-state index in [2.05, 4.69) is 29.6 Å². The van der Waals surface area contributed by atoms with Gasteiger partial charge in [0.05, 0.1) is 0 Å². The van der Waals surface area contributed by atoms with Crippen molar-refractivity contribution in [2.75, 3.05) is 13.1 Å². The van der Waals surface area contributed by atoms with E-state index in [1.54, 1.807) is 19.6 Å². The molecule has 1 aromatic heterocycles. The van der Waals surface area contributed by atoms with Gasteiger partial charge in [0.25, 0.3) is 0 Å². The summed E-state index contributed by atoms with van der Waals surface area (Å²) in [6.07, 6.45) is 2.50. The zero-order valence-electron chi connectivity index (χ0n) is 8.05. The van der Waals surface area contributed by atoms with Crippen LogP contribution < -0.4 is 5.32 Å². The molecule has 0 radical (unpaired) electrons. The van der Waals surface area contributed by atoms with Gasteiger partial charge in [-0.05, 0) is 0 Å². The van der Waals surface area contributed by atoms with Gasteiger partial charge < -0.3 is 0 Å². The van der Waals surface area contributed by atoms with Crippen molar-refractivity contribution in [3.05, 3.63) is 34.3 Å². The molecule has 0 fully saturated rings. The molecule has 1 aromatic carbocycles. The molecule has 72 valence electrons. The monoisotopic (exact) mass is 251 g/mol. The van der Waals surface area contributed by atoms with Gasteiger partial charge in [0, 0.05) is 0 Å². The average molecular weight is 250 g/mol. The molecule has 1 aliphatic heterocycles. The zero-order chi connectivity index (χ0) is 9.38. The van der Waals surface area contributed by atoms with Crippen LogP contribution in [0.3, 0.4) is 0 Å². The van der Waals surface area contributed by atoms with Crippen LogP contribution in [-0.4, -0.2) is 27.6 Å². The Morgan fingerprint density at radius 2 is 1.93 bits per heavy atom. The molecular weight excluding hydrogens is 237 g/mol. The van der Waals surface area contributed by atoms with Gasteiger partial charge >= 0.3 is 89.7 Å². The summed E-state index contributed by atoms with van der Waals surface area (Å²) in [5.41, 5.74) is 1.66. The quantitative estimate of drug-likeness (QED) is 0.700. The summed E-state index contributed by atoms with van der Waals surface area (Å²) in [7, 11) is 0. The predicted octanol–water partition coefficient (Wildman–Crippen LogP) is 1.58. The first kappa shape index (κ1) is 8.72. The SMILES string of the molecule is c1ccc2c3c([se]c2c1)CCNCC3. The maximum absolute atomic E-state index is 3.47. The Bertz CT molecular complexity index is 458. The van der Waals surface area contributed by atoms with Crippen LogP contribution in [0.1, 0.15) is 10.0 Å². The van der Waals surface area contributed by atoms with Gasteiger partial charge in [-0.25, -0.2) is 0 Å². The standard InChI is InChI=1S/C12H13NSe/c1-2-4-11-9(3-1)10-5-7-13-8-6-12(10)14-11/h1-4,13H,5-8H2. The number of benzene rings is 1. The van der Waals surface area contributed by atoms with E-state index < -0.39 is 0 Å². The Kier molecular flexibility index (Phi) is 2.21. The first-order chi connectivity index (χ1) is 6.95. The molecule has 1 aliphatic rings. The van der Waals surface area contributed by atoms with Gasteiger partial charge in [-0.1, -0.05) is 0 Å². The molecule has 0 saturated carbocycles. The third kappa shape index (κ3) is 1.35. The minimum atomic E-state index is 0.623. The molecular formula is C12H13NSe. The summed E-state index contributed by atoms with van der Waals surface area (Å²) >= 11 is 0.623. The van der Waals surface area contributed by atoms with E-state index in [1.807, 2.05) is 0 Å². The number of rotatable bonds is 0. The molecule has 0 saturated heterocycles. The zero-order valence-corrected chi connectivity index (χ0v) is 9.76. The van der Waals surface area contributed by atoms with Crippen LogP contribution in [0.5, 0.6) is 0 Å². The van der Waals surface area contributed by atoms with Gasteiger partial charge in [-0.15, -0.1) is 0 Å². The topological polar surface area (TPSA) is 12.0 Å². The normalized spacial score (nSPS) is 16.6. The van der Waals surface area contributed by atoms with E-state index in [1.165, 1.54) is 19.4 Å². The summed E-state index contributed by atoms with van der Waals surface area (Å²) in [5.74, 6) is 0. The second-order valence-electron chi connectivity index (χ2n) is 3.75. The molecule has 0 bridgehead atoms.